The minimum absolute atomic E-state index is 0.00245. The summed E-state index contributed by atoms with van der Waals surface area (Å²) < 4.78 is 5.12. The highest BCUT2D eigenvalue weighted by Crippen LogP contribution is 2.67. The topological polar surface area (TPSA) is 166 Å². The minimum atomic E-state index is -1.72. The smallest absolute Gasteiger partial charge is 0.365 e. The molecule has 0 aromatic carbocycles. The molecule has 4 aliphatic rings. The van der Waals surface area contributed by atoms with Crippen molar-refractivity contribution in [2.45, 2.75) is 89.4 Å². The molecular weight excluding hydrogens is 454 g/mol. The van der Waals surface area contributed by atoms with Gasteiger partial charge in [0.2, 0.25) is 5.78 Å². The van der Waals surface area contributed by atoms with Gasteiger partial charge in [0.1, 0.15) is 5.60 Å². The Morgan fingerprint density at radius 2 is 1.91 bits per heavy atom. The second kappa shape index (κ2) is 9.09. The third-order valence-corrected chi connectivity index (χ3v) is 9.90. The number of hydrogen-bond acceptors (Lipinski definition) is 7. The summed E-state index contributed by atoms with van der Waals surface area (Å²) in [7, 11) is 0. The number of Topliss-reactive ketones (excluding diaryl/α,β-unsaturated/α-hetero) is 1. The lowest BCUT2D eigenvalue weighted by Gasteiger charge is -2.60. The number of rotatable bonds is 7. The summed E-state index contributed by atoms with van der Waals surface area (Å²) in [6, 6.07) is -0.912. The number of quaternary nitrogens is 1. The van der Waals surface area contributed by atoms with Crippen LogP contribution in [-0.4, -0.2) is 63.2 Å². The average Bonchev–Trinajstić information content (AvgIpc) is 3.06. The number of aliphatic hydroxyl groups excluding tert-OH is 1. The van der Waals surface area contributed by atoms with E-state index in [1.165, 1.54) is 0 Å². The van der Waals surface area contributed by atoms with E-state index >= 15 is 0 Å². The van der Waals surface area contributed by atoms with E-state index in [0.717, 1.165) is 18.4 Å². The van der Waals surface area contributed by atoms with Crippen molar-refractivity contribution in [3.05, 3.63) is 11.6 Å². The van der Waals surface area contributed by atoms with Gasteiger partial charge in [-0.05, 0) is 67.8 Å². The highest BCUT2D eigenvalue weighted by molar-refractivity contribution is 5.92. The average molecular weight is 493 g/mol. The second-order valence-electron chi connectivity index (χ2n) is 11.6. The van der Waals surface area contributed by atoms with E-state index < -0.39 is 47.5 Å². The normalized spacial score (nSPS) is 41.2. The summed E-state index contributed by atoms with van der Waals surface area (Å²) in [5, 5.41) is 31.9. The molecule has 0 aromatic heterocycles. The van der Waals surface area contributed by atoms with Crippen molar-refractivity contribution < 1.29 is 45.0 Å². The fraction of sp³-hybridized carbons (Fsp3) is 0.769. The van der Waals surface area contributed by atoms with Gasteiger partial charge in [-0.2, -0.15) is 0 Å². The molecule has 0 spiro atoms. The zero-order chi connectivity index (χ0) is 25.8. The second-order valence-corrected chi connectivity index (χ2v) is 11.6. The first-order valence-electron chi connectivity index (χ1n) is 12.7. The first-order chi connectivity index (χ1) is 16.3. The molecule has 4 aliphatic carbocycles. The van der Waals surface area contributed by atoms with E-state index in [1.54, 1.807) is 6.08 Å². The standard InChI is InChI=1S/C26H37NO8/c1-24-9-7-15(28)11-14(24)3-4-16-17-8-10-26(34,25(17,2)12-19(29)22(16)24)20(30)13-35-23(33)18(27)5-6-21(31)32/h11,16-19,22,29,34H,3-10,12-13,27H2,1-2H3,(H,31,32)/p+1. The number of carboxylic acids is 1. The summed E-state index contributed by atoms with van der Waals surface area (Å²) in [4.78, 5) is 48.2. The molecule has 3 fully saturated rings. The quantitative estimate of drug-likeness (QED) is 0.379. The van der Waals surface area contributed by atoms with Crippen LogP contribution in [-0.2, 0) is 23.9 Å². The molecule has 0 aromatic rings. The van der Waals surface area contributed by atoms with Gasteiger partial charge in [-0.1, -0.05) is 19.4 Å². The van der Waals surface area contributed by atoms with Gasteiger partial charge in [0.15, 0.2) is 18.4 Å². The van der Waals surface area contributed by atoms with Crippen LogP contribution < -0.4 is 5.73 Å². The van der Waals surface area contributed by atoms with Crippen LogP contribution in [0.25, 0.3) is 0 Å². The molecule has 3 saturated carbocycles. The van der Waals surface area contributed by atoms with E-state index in [0.29, 0.717) is 19.3 Å². The van der Waals surface area contributed by atoms with Crippen LogP contribution >= 0.6 is 0 Å². The first-order valence-corrected chi connectivity index (χ1v) is 12.7. The third-order valence-electron chi connectivity index (χ3n) is 9.90. The molecule has 8 unspecified atom stereocenters. The van der Waals surface area contributed by atoms with Crippen LogP contribution in [0.2, 0.25) is 0 Å². The minimum Gasteiger partial charge on any atom is -0.481 e. The molecule has 0 heterocycles. The van der Waals surface area contributed by atoms with E-state index in [4.69, 9.17) is 9.84 Å². The Morgan fingerprint density at radius 3 is 2.60 bits per heavy atom. The van der Waals surface area contributed by atoms with Crippen LogP contribution in [0.5, 0.6) is 0 Å². The lowest BCUT2D eigenvalue weighted by atomic mass is 9.45. The van der Waals surface area contributed by atoms with Crippen LogP contribution in [0, 0.1) is 28.6 Å². The zero-order valence-corrected chi connectivity index (χ0v) is 20.6. The van der Waals surface area contributed by atoms with E-state index in [2.05, 4.69) is 12.7 Å². The van der Waals surface area contributed by atoms with E-state index in [1.807, 2.05) is 6.92 Å². The number of carboxylic acid groups (broad SMARTS) is 1. The van der Waals surface area contributed by atoms with Crippen LogP contribution in [0.4, 0.5) is 0 Å². The summed E-state index contributed by atoms with van der Waals surface area (Å²) in [6.07, 6.45) is 4.76. The highest BCUT2D eigenvalue weighted by Gasteiger charge is 2.68. The number of ketones is 2. The van der Waals surface area contributed by atoms with Crippen molar-refractivity contribution in [1.29, 1.82) is 0 Å². The van der Waals surface area contributed by atoms with Crippen LogP contribution in [0.3, 0.4) is 0 Å². The first kappa shape index (κ1) is 26.0. The van der Waals surface area contributed by atoms with Crippen molar-refractivity contribution in [3.63, 3.8) is 0 Å². The van der Waals surface area contributed by atoms with Crippen LogP contribution in [0.1, 0.15) is 71.6 Å². The Morgan fingerprint density at radius 1 is 1.20 bits per heavy atom. The summed E-state index contributed by atoms with van der Waals surface area (Å²) >= 11 is 0. The van der Waals surface area contributed by atoms with E-state index in [-0.39, 0.29) is 54.6 Å². The lowest BCUT2D eigenvalue weighted by molar-refractivity contribution is -0.409. The number of hydrogen-bond donors (Lipinski definition) is 4. The van der Waals surface area contributed by atoms with Crippen molar-refractivity contribution in [3.8, 4) is 0 Å². The van der Waals surface area contributed by atoms with Crippen molar-refractivity contribution >= 4 is 23.5 Å². The molecule has 0 amide bonds. The van der Waals surface area contributed by atoms with Crippen LogP contribution in [0.15, 0.2) is 11.6 Å². The van der Waals surface area contributed by atoms with Gasteiger partial charge in [-0.3, -0.25) is 14.4 Å². The lowest BCUT2D eigenvalue weighted by Crippen LogP contribution is -2.66. The fourth-order valence-electron chi connectivity index (χ4n) is 7.94. The predicted octanol–water partition coefficient (Wildman–Crippen LogP) is 0.808. The maximum absolute atomic E-state index is 13.2. The number of ether oxygens (including phenoxy) is 1. The molecule has 0 saturated heterocycles. The summed E-state index contributed by atoms with van der Waals surface area (Å²) in [5.41, 5.74) is 1.91. The highest BCUT2D eigenvalue weighted by atomic mass is 16.5. The molecule has 35 heavy (non-hydrogen) atoms. The molecule has 0 bridgehead atoms. The van der Waals surface area contributed by atoms with Gasteiger partial charge in [0.25, 0.3) is 0 Å². The third kappa shape index (κ3) is 4.15. The number of aliphatic carboxylic acids is 1. The number of esters is 1. The van der Waals surface area contributed by atoms with Crippen molar-refractivity contribution in [1.82, 2.24) is 0 Å². The maximum atomic E-state index is 13.2. The Kier molecular flexibility index (Phi) is 6.74. The molecule has 194 valence electrons. The maximum Gasteiger partial charge on any atom is 0.365 e. The van der Waals surface area contributed by atoms with Crippen molar-refractivity contribution in [2.75, 3.05) is 6.61 Å². The van der Waals surface area contributed by atoms with Crippen molar-refractivity contribution in [2.24, 2.45) is 28.6 Å². The SMILES string of the molecule is CC12CCC(=O)C=C1CCC1C2C(O)CC2(C)C1CCC2(O)C(=O)COC(=O)C([NH3+])CCC(=O)O. The Bertz CT molecular complexity index is 961. The molecule has 4 rings (SSSR count). The Balaban J connectivity index is 1.49. The molecule has 9 heteroatoms. The molecule has 0 radical (unpaired) electrons. The molecular formula is C26H38NO8+. The molecule has 9 nitrogen and oxygen atoms in total. The Labute approximate surface area is 205 Å². The molecule has 0 aliphatic heterocycles. The summed E-state index contributed by atoms with van der Waals surface area (Å²) in [6.45, 7) is 3.42. The van der Waals surface area contributed by atoms with Gasteiger partial charge in [0.05, 0.1) is 12.5 Å². The van der Waals surface area contributed by atoms with Gasteiger partial charge in [-0.15, -0.1) is 0 Å². The fourth-order valence-corrected chi connectivity index (χ4v) is 7.94. The van der Waals surface area contributed by atoms with E-state index in [9.17, 15) is 29.4 Å². The monoisotopic (exact) mass is 492 g/mol. The number of fused-ring (bicyclic) bond motifs is 5. The number of allylic oxidation sites excluding steroid dienone is 1. The number of carbonyl (C=O) groups is 4. The van der Waals surface area contributed by atoms with Gasteiger partial charge < -0.3 is 25.8 Å². The largest absolute Gasteiger partial charge is 0.481 e. The number of aliphatic hydroxyl groups is 2. The predicted molar refractivity (Wildman–Crippen MR) is 123 cm³/mol. The molecule has 6 N–H and O–H groups in total. The van der Waals surface area contributed by atoms with Gasteiger partial charge in [-0.25, -0.2) is 4.79 Å². The summed E-state index contributed by atoms with van der Waals surface area (Å²) in [5.74, 6) is -2.11. The Hall–Kier alpha value is -2.10. The zero-order valence-electron chi connectivity index (χ0n) is 20.6. The molecule has 8 atom stereocenters. The van der Waals surface area contributed by atoms with Gasteiger partial charge in [0, 0.05) is 18.3 Å². The number of carbonyl (C=O) groups excluding carboxylic acids is 3. The van der Waals surface area contributed by atoms with Gasteiger partial charge >= 0.3 is 11.9 Å².